The van der Waals surface area contributed by atoms with Crippen LogP contribution in [0.1, 0.15) is 6.92 Å². The largest absolute Gasteiger partial charge is 0.466 e. The number of halogens is 9. The highest BCUT2D eigenvalue weighted by atomic mass is 32.2. The molecule has 2 N–H and O–H groups in total. The monoisotopic (exact) mass is 471 g/mol. The summed E-state index contributed by atoms with van der Waals surface area (Å²) in [7, 11) is -6.46. The summed E-state index contributed by atoms with van der Waals surface area (Å²) < 4.78 is 152. The zero-order valence-electron chi connectivity index (χ0n) is 13.7. The van der Waals surface area contributed by atoms with Crippen molar-refractivity contribution in [2.24, 2.45) is 0 Å². The molecule has 0 bridgehead atoms. The average molecular weight is 471 g/mol. The van der Waals surface area contributed by atoms with Crippen molar-refractivity contribution >= 4 is 22.0 Å². The van der Waals surface area contributed by atoms with E-state index in [-0.39, 0.29) is 6.92 Å². The number of hydrogen-bond donors (Lipinski definition) is 2. The number of alkyl halides is 8. The fourth-order valence-electron chi connectivity index (χ4n) is 1.23. The quantitative estimate of drug-likeness (QED) is 0.182. The Labute approximate surface area is 155 Å². The number of rotatable bonds is 8. The van der Waals surface area contributed by atoms with Crippen LogP contribution < -0.4 is 5.32 Å². The van der Waals surface area contributed by atoms with Crippen LogP contribution in [0.5, 0.6) is 0 Å². The van der Waals surface area contributed by atoms with Gasteiger partial charge in [-0.05, 0) is 6.92 Å². The zero-order valence-corrected chi connectivity index (χ0v) is 14.5. The van der Waals surface area contributed by atoms with Crippen molar-refractivity contribution in [3.63, 3.8) is 0 Å². The van der Waals surface area contributed by atoms with E-state index < -0.39 is 63.9 Å². The highest BCUT2D eigenvalue weighted by Crippen LogP contribution is 2.38. The second-order valence-electron chi connectivity index (χ2n) is 5.05. The molecule has 1 amide bonds. The van der Waals surface area contributed by atoms with Crippen LogP contribution in [0.4, 0.5) is 39.5 Å². The van der Waals surface area contributed by atoms with Crippen LogP contribution in [-0.2, 0) is 29.2 Å². The van der Waals surface area contributed by atoms with Crippen molar-refractivity contribution < 1.29 is 71.5 Å². The van der Waals surface area contributed by atoms with Crippen molar-refractivity contribution in [3.05, 3.63) is 12.4 Å². The molecule has 0 saturated carbocycles. The topological polar surface area (TPSA) is 119 Å². The van der Waals surface area contributed by atoms with Crippen LogP contribution in [0.2, 0.25) is 0 Å². The first-order valence-corrected chi connectivity index (χ1v) is 8.03. The molecule has 0 fully saturated rings. The molecule has 0 radical (unpaired) electrons. The minimum atomic E-state index is -6.46. The predicted molar refractivity (Wildman–Crippen MR) is 71.2 cm³/mol. The fraction of sp³-hybridized carbons (Fsp3) is 0.636. The minimum Gasteiger partial charge on any atom is -0.410 e. The Balaban J connectivity index is 6.32. The normalized spacial score (nSPS) is 16.5. The molecular weight excluding hydrogens is 461 g/mol. The van der Waals surface area contributed by atoms with Crippen molar-refractivity contribution in [3.8, 4) is 0 Å². The Hall–Kier alpha value is -2.08. The summed E-state index contributed by atoms with van der Waals surface area (Å²) in [6.45, 7) is -0.796. The Bertz CT molecular complexity index is 762. The SMILES string of the molecule is C=C(F)C(=O)OC(OCC(F)(F)S(=O)(=O)O)(C(=O)NC(C)C(F)(F)F)C(F)(F)F. The number of ether oxygens (including phenoxy) is 2. The fourth-order valence-corrected chi connectivity index (χ4v) is 1.44. The van der Waals surface area contributed by atoms with Crippen LogP contribution in [0.15, 0.2) is 12.4 Å². The van der Waals surface area contributed by atoms with Gasteiger partial charge in [0.2, 0.25) is 5.83 Å². The van der Waals surface area contributed by atoms with Gasteiger partial charge in [-0.1, -0.05) is 6.58 Å². The van der Waals surface area contributed by atoms with E-state index in [0.29, 0.717) is 5.32 Å². The summed E-state index contributed by atoms with van der Waals surface area (Å²) in [5.74, 6) is -13.6. The molecule has 18 heteroatoms. The molecule has 2 unspecified atom stereocenters. The number of carbonyl (C=O) groups is 2. The van der Waals surface area contributed by atoms with E-state index >= 15 is 0 Å². The Morgan fingerprint density at radius 3 is 1.86 bits per heavy atom. The molecule has 170 valence electrons. The van der Waals surface area contributed by atoms with E-state index in [9.17, 15) is 57.5 Å². The molecule has 29 heavy (non-hydrogen) atoms. The molecule has 0 saturated heterocycles. The lowest BCUT2D eigenvalue weighted by Gasteiger charge is -2.34. The molecule has 0 spiro atoms. The lowest BCUT2D eigenvalue weighted by atomic mass is 10.2. The molecule has 0 heterocycles. The van der Waals surface area contributed by atoms with Gasteiger partial charge >= 0.3 is 45.4 Å². The summed E-state index contributed by atoms with van der Waals surface area (Å²) in [5, 5.41) is -4.97. The van der Waals surface area contributed by atoms with Gasteiger partial charge < -0.3 is 14.8 Å². The highest BCUT2D eigenvalue weighted by Gasteiger charge is 2.68. The third-order valence-corrected chi connectivity index (χ3v) is 3.66. The van der Waals surface area contributed by atoms with Crippen molar-refractivity contribution in [2.75, 3.05) is 6.61 Å². The van der Waals surface area contributed by atoms with E-state index in [1.807, 2.05) is 0 Å². The standard InChI is InChI=1S/C11H10F9NO7S/c1-4(12)6(22)28-9(11(18,19)20,7(23)21-5(2)10(15,16)17)27-3-8(13,14)29(24,25)26/h5H,1,3H2,2H3,(H,21,23)(H,24,25,26). The van der Waals surface area contributed by atoms with Crippen LogP contribution >= 0.6 is 0 Å². The molecular formula is C11H10F9NO7S. The molecule has 2 atom stereocenters. The lowest BCUT2D eigenvalue weighted by Crippen LogP contribution is -2.64. The van der Waals surface area contributed by atoms with Gasteiger partial charge in [-0.25, -0.2) is 4.79 Å². The molecule has 0 aromatic rings. The third kappa shape index (κ3) is 6.46. The number of esters is 1. The summed E-state index contributed by atoms with van der Waals surface area (Å²) in [6.07, 6.45) is -11.8. The van der Waals surface area contributed by atoms with E-state index in [0.717, 1.165) is 0 Å². The minimum absolute atomic E-state index is 0.0850. The maximum absolute atomic E-state index is 13.3. The van der Waals surface area contributed by atoms with E-state index in [1.165, 1.54) is 0 Å². The first-order valence-electron chi connectivity index (χ1n) is 6.59. The summed E-state index contributed by atoms with van der Waals surface area (Å²) in [4.78, 5) is 22.8. The summed E-state index contributed by atoms with van der Waals surface area (Å²) in [6, 6.07) is -3.10. The average Bonchev–Trinajstić information content (AvgIpc) is 2.47. The lowest BCUT2D eigenvalue weighted by molar-refractivity contribution is -0.353. The van der Waals surface area contributed by atoms with Gasteiger partial charge in [-0.3, -0.25) is 9.35 Å². The maximum Gasteiger partial charge on any atom is 0.466 e. The van der Waals surface area contributed by atoms with Crippen LogP contribution in [0.25, 0.3) is 0 Å². The molecule has 0 aromatic heterocycles. The first-order chi connectivity index (χ1) is 12.6. The van der Waals surface area contributed by atoms with Gasteiger partial charge in [0.25, 0.3) is 0 Å². The van der Waals surface area contributed by atoms with Crippen molar-refractivity contribution in [1.29, 1.82) is 0 Å². The second kappa shape index (κ2) is 8.34. The highest BCUT2D eigenvalue weighted by molar-refractivity contribution is 7.86. The number of nitrogens with one attached hydrogen (secondary N) is 1. The van der Waals surface area contributed by atoms with Gasteiger partial charge in [-0.2, -0.15) is 47.9 Å². The van der Waals surface area contributed by atoms with Gasteiger partial charge in [-0.15, -0.1) is 0 Å². The van der Waals surface area contributed by atoms with Crippen LogP contribution in [0.3, 0.4) is 0 Å². The summed E-state index contributed by atoms with van der Waals surface area (Å²) >= 11 is 0. The molecule has 0 aliphatic rings. The summed E-state index contributed by atoms with van der Waals surface area (Å²) in [5.41, 5.74) is 0. The van der Waals surface area contributed by atoms with Gasteiger partial charge in [0.1, 0.15) is 12.6 Å². The Morgan fingerprint density at radius 2 is 1.55 bits per heavy atom. The molecule has 0 aliphatic carbocycles. The number of hydrogen-bond acceptors (Lipinski definition) is 6. The van der Waals surface area contributed by atoms with Gasteiger partial charge in [0.05, 0.1) is 0 Å². The van der Waals surface area contributed by atoms with E-state index in [1.54, 1.807) is 0 Å². The Morgan fingerprint density at radius 1 is 1.10 bits per heavy atom. The van der Waals surface area contributed by atoms with Crippen LogP contribution in [-0.4, -0.2) is 60.9 Å². The molecule has 0 aromatic carbocycles. The van der Waals surface area contributed by atoms with Crippen LogP contribution in [0, 0.1) is 0 Å². The maximum atomic E-state index is 13.3. The van der Waals surface area contributed by atoms with Crippen molar-refractivity contribution in [2.45, 2.75) is 36.4 Å². The van der Waals surface area contributed by atoms with Gasteiger partial charge in [0.15, 0.2) is 0 Å². The molecule has 8 nitrogen and oxygen atoms in total. The smallest absolute Gasteiger partial charge is 0.410 e. The first kappa shape index (κ1) is 26.9. The van der Waals surface area contributed by atoms with E-state index in [2.05, 4.69) is 16.1 Å². The van der Waals surface area contributed by atoms with Gasteiger partial charge in [0, 0.05) is 0 Å². The Kier molecular flexibility index (Phi) is 7.75. The zero-order chi connectivity index (χ0) is 23.6. The van der Waals surface area contributed by atoms with Crippen molar-refractivity contribution in [1.82, 2.24) is 5.32 Å². The predicted octanol–water partition coefficient (Wildman–Crippen LogP) is 1.84. The second-order valence-corrected chi connectivity index (χ2v) is 6.59. The number of carbonyl (C=O) groups excluding carboxylic acids is 2. The molecule has 0 rings (SSSR count). The number of amides is 1. The third-order valence-electron chi connectivity index (χ3n) is 2.79. The van der Waals surface area contributed by atoms with E-state index in [4.69, 9.17) is 4.55 Å². The molecule has 0 aliphatic heterocycles.